The summed E-state index contributed by atoms with van der Waals surface area (Å²) < 4.78 is 36.7. The van der Waals surface area contributed by atoms with Crippen LogP contribution in [-0.4, -0.2) is 105 Å². The summed E-state index contributed by atoms with van der Waals surface area (Å²) in [6.07, 6.45) is -10.7. The molecule has 0 aromatic heterocycles. The van der Waals surface area contributed by atoms with Crippen LogP contribution >= 0.6 is 11.6 Å². The van der Waals surface area contributed by atoms with Crippen LogP contribution in [0.5, 0.6) is 11.5 Å². The highest BCUT2D eigenvalue weighted by molar-refractivity contribution is 6.30. The third-order valence-electron chi connectivity index (χ3n) is 8.04. The van der Waals surface area contributed by atoms with Gasteiger partial charge in [-0.25, -0.2) is 4.39 Å². The first-order valence-corrected chi connectivity index (χ1v) is 15.0. The van der Waals surface area contributed by atoms with Gasteiger partial charge in [-0.1, -0.05) is 41.9 Å². The standard InChI is InChI=1S/C31H36ClFN2O11/c1-3-18(35-44-12-16-5-4-6-17(32)10-16)27-23(37)21(33)31(46-27)45-20-8-7-15(11-19(20)36)9-14(2)30(41)34-22-24(38)26(40)29-28(25(22)39)42-13-43-29/h4-11,21-29,31,36-40H,3,12-13H2,1-2H3,(H,34,41)/b14-9+,35-18+/t21-,22+,23-,24-,25+,26+,27+,28-,29+,31+/m0/s1. The lowest BCUT2D eigenvalue weighted by molar-refractivity contribution is -0.155. The van der Waals surface area contributed by atoms with Gasteiger partial charge in [-0.15, -0.1) is 0 Å². The number of rotatable bonds is 10. The molecule has 10 atom stereocenters. The number of aromatic hydroxyl groups is 1. The molecule has 250 valence electrons. The minimum absolute atomic E-state index is 0.0978. The van der Waals surface area contributed by atoms with Crippen LogP contribution in [0.3, 0.4) is 0 Å². The van der Waals surface area contributed by atoms with Crippen molar-refractivity contribution in [3.8, 4) is 11.5 Å². The number of carbonyl (C=O) groups is 1. The van der Waals surface area contributed by atoms with Gasteiger partial charge in [0.05, 0.1) is 11.8 Å². The molecule has 1 amide bonds. The molecule has 0 spiro atoms. The van der Waals surface area contributed by atoms with Crippen molar-refractivity contribution in [1.29, 1.82) is 0 Å². The van der Waals surface area contributed by atoms with Crippen molar-refractivity contribution in [3.05, 3.63) is 64.2 Å². The Balaban J connectivity index is 1.19. The molecule has 2 aromatic carbocycles. The lowest BCUT2D eigenvalue weighted by atomic mass is 9.83. The molecular formula is C31H36ClFN2O11. The van der Waals surface area contributed by atoms with Gasteiger partial charge < -0.3 is 54.6 Å². The highest BCUT2D eigenvalue weighted by Crippen LogP contribution is 2.34. The minimum atomic E-state index is -1.97. The molecule has 1 saturated carbocycles. The lowest BCUT2D eigenvalue weighted by Gasteiger charge is -2.41. The van der Waals surface area contributed by atoms with E-state index in [9.17, 15) is 30.3 Å². The first-order chi connectivity index (χ1) is 22.0. The van der Waals surface area contributed by atoms with Gasteiger partial charge in [0, 0.05) is 10.6 Å². The van der Waals surface area contributed by atoms with E-state index in [1.807, 2.05) is 0 Å². The summed E-state index contributed by atoms with van der Waals surface area (Å²) in [6.45, 7) is 3.16. The second-order valence-electron chi connectivity index (χ2n) is 11.2. The number of phenols is 1. The molecule has 2 heterocycles. The normalized spacial score (nSPS) is 33.0. The number of aliphatic hydroxyl groups excluding tert-OH is 4. The van der Waals surface area contributed by atoms with E-state index >= 15 is 4.39 Å². The maximum Gasteiger partial charge on any atom is 0.247 e. The van der Waals surface area contributed by atoms with Gasteiger partial charge in [-0.05, 0) is 54.8 Å². The summed E-state index contributed by atoms with van der Waals surface area (Å²) in [5.41, 5.74) is 1.54. The highest BCUT2D eigenvalue weighted by atomic mass is 35.5. The highest BCUT2D eigenvalue weighted by Gasteiger charge is 2.53. The third-order valence-corrected chi connectivity index (χ3v) is 8.27. The summed E-state index contributed by atoms with van der Waals surface area (Å²) in [6, 6.07) is 9.87. The average Bonchev–Trinajstić information content (AvgIpc) is 3.63. The number of nitrogens with zero attached hydrogens (tertiary/aromatic N) is 1. The van der Waals surface area contributed by atoms with Crippen LogP contribution < -0.4 is 10.1 Å². The van der Waals surface area contributed by atoms with Crippen LogP contribution in [0.15, 0.2) is 53.2 Å². The number of hydrogen-bond donors (Lipinski definition) is 6. The minimum Gasteiger partial charge on any atom is -0.504 e. The molecule has 0 unspecified atom stereocenters. The Hall–Kier alpha value is -3.34. The maximum absolute atomic E-state index is 15.0. The predicted octanol–water partition coefficient (Wildman–Crippen LogP) is 1.56. The third kappa shape index (κ3) is 7.29. The van der Waals surface area contributed by atoms with E-state index in [1.54, 1.807) is 31.2 Å². The van der Waals surface area contributed by atoms with E-state index in [0.29, 0.717) is 17.0 Å². The van der Waals surface area contributed by atoms with Gasteiger partial charge in [-0.3, -0.25) is 4.79 Å². The number of nitrogens with one attached hydrogen (secondary N) is 1. The molecule has 0 radical (unpaired) electrons. The Kier molecular flexibility index (Phi) is 10.8. The largest absolute Gasteiger partial charge is 0.504 e. The van der Waals surface area contributed by atoms with Crippen LogP contribution in [0, 0.1) is 0 Å². The van der Waals surface area contributed by atoms with E-state index in [1.165, 1.54) is 31.2 Å². The molecule has 5 rings (SSSR count). The van der Waals surface area contributed by atoms with Gasteiger partial charge in [-0.2, -0.15) is 0 Å². The number of hydrogen-bond acceptors (Lipinski definition) is 12. The summed E-state index contributed by atoms with van der Waals surface area (Å²) in [7, 11) is 0. The van der Waals surface area contributed by atoms with E-state index in [2.05, 4.69) is 10.5 Å². The van der Waals surface area contributed by atoms with Crippen molar-refractivity contribution in [2.24, 2.45) is 5.16 Å². The monoisotopic (exact) mass is 666 g/mol. The molecule has 3 aliphatic rings. The van der Waals surface area contributed by atoms with Crippen molar-refractivity contribution in [2.75, 3.05) is 6.79 Å². The predicted molar refractivity (Wildman–Crippen MR) is 160 cm³/mol. The maximum atomic E-state index is 15.0. The first-order valence-electron chi connectivity index (χ1n) is 14.7. The number of amides is 1. The number of benzene rings is 2. The Bertz CT molecular complexity index is 1460. The van der Waals surface area contributed by atoms with Gasteiger partial charge in [0.1, 0.15) is 56.1 Å². The number of halogens is 2. The van der Waals surface area contributed by atoms with Crippen LogP contribution in [0.25, 0.3) is 6.08 Å². The summed E-state index contributed by atoms with van der Waals surface area (Å²) in [5, 5.41) is 59.6. The Morgan fingerprint density at radius 2 is 1.83 bits per heavy atom. The van der Waals surface area contributed by atoms with Crippen LogP contribution in [0.2, 0.25) is 5.02 Å². The van der Waals surface area contributed by atoms with Gasteiger partial charge in [0.2, 0.25) is 12.2 Å². The van der Waals surface area contributed by atoms with Crippen LogP contribution in [0.1, 0.15) is 31.4 Å². The fourth-order valence-corrected chi connectivity index (χ4v) is 5.73. The molecule has 2 saturated heterocycles. The molecule has 6 N–H and O–H groups in total. The molecule has 15 heteroatoms. The molecule has 1 aliphatic carbocycles. The van der Waals surface area contributed by atoms with E-state index in [4.69, 9.17) is 35.4 Å². The number of ether oxygens (including phenoxy) is 4. The quantitative estimate of drug-likeness (QED) is 0.123. The Morgan fingerprint density at radius 3 is 2.52 bits per heavy atom. The molecule has 2 aliphatic heterocycles. The van der Waals surface area contributed by atoms with Crippen molar-refractivity contribution in [1.82, 2.24) is 5.32 Å². The topological polar surface area (TPSA) is 189 Å². The van der Waals surface area contributed by atoms with Crippen molar-refractivity contribution >= 4 is 29.3 Å². The number of oxime groups is 1. The molecule has 46 heavy (non-hydrogen) atoms. The number of aliphatic hydroxyl groups is 4. The number of fused-ring (bicyclic) bond motifs is 1. The van der Waals surface area contributed by atoms with Gasteiger partial charge in [0.25, 0.3) is 0 Å². The SMILES string of the molecule is CC/C(=N\OCc1cccc(Cl)c1)[C@H]1O[C@@H](Oc2ccc(/C=C(\C)C(=O)N[C@@H]3[C@H](O)[C@@H](O)[C@H]4OCO[C@H]4[C@@H]3O)cc2O)[C@@H](F)[C@@H]1O. The van der Waals surface area contributed by atoms with E-state index in [-0.39, 0.29) is 30.4 Å². The zero-order valence-electron chi connectivity index (χ0n) is 24.9. The summed E-state index contributed by atoms with van der Waals surface area (Å²) >= 11 is 5.98. The van der Waals surface area contributed by atoms with Crippen molar-refractivity contribution < 1.29 is 58.5 Å². The number of carbonyl (C=O) groups excluding carboxylic acids is 1. The second kappa shape index (κ2) is 14.6. The molecule has 2 aromatic rings. The van der Waals surface area contributed by atoms with Gasteiger partial charge >= 0.3 is 0 Å². The summed E-state index contributed by atoms with van der Waals surface area (Å²) in [5.74, 6) is -1.18. The molecule has 13 nitrogen and oxygen atoms in total. The van der Waals surface area contributed by atoms with Crippen LogP contribution in [-0.2, 0) is 30.4 Å². The zero-order chi connectivity index (χ0) is 33.1. The molecular weight excluding hydrogens is 631 g/mol. The second-order valence-corrected chi connectivity index (χ2v) is 11.7. The van der Waals surface area contributed by atoms with Gasteiger partial charge in [0.15, 0.2) is 17.7 Å². The smallest absolute Gasteiger partial charge is 0.247 e. The lowest BCUT2D eigenvalue weighted by Crippen LogP contribution is -2.67. The first kappa shape index (κ1) is 34.0. The van der Waals surface area contributed by atoms with Crippen LogP contribution in [0.4, 0.5) is 4.39 Å². The van der Waals surface area contributed by atoms with E-state index in [0.717, 1.165) is 5.56 Å². The van der Waals surface area contributed by atoms with E-state index < -0.39 is 72.9 Å². The molecule has 0 bridgehead atoms. The van der Waals surface area contributed by atoms with Crippen molar-refractivity contribution in [2.45, 2.75) is 88.1 Å². The fraction of sp³-hybridized carbons (Fsp3) is 0.484. The fourth-order valence-electron chi connectivity index (χ4n) is 5.52. The molecule has 3 fully saturated rings. The average molecular weight is 667 g/mol. The summed E-state index contributed by atoms with van der Waals surface area (Å²) in [4.78, 5) is 18.3. The Labute approximate surface area is 268 Å². The Morgan fingerprint density at radius 1 is 1.09 bits per heavy atom. The zero-order valence-corrected chi connectivity index (χ0v) is 25.7. The number of phenolic OH excluding ortho intramolecular Hbond substituents is 1. The van der Waals surface area contributed by atoms with Crippen molar-refractivity contribution in [3.63, 3.8) is 0 Å². The number of alkyl halides is 1.